The molecular weight excluding hydrogens is 270 g/mol. The van der Waals surface area contributed by atoms with Crippen molar-refractivity contribution >= 4 is 5.69 Å². The molecule has 0 aliphatic rings. The normalized spacial score (nSPS) is 11.2. The quantitative estimate of drug-likeness (QED) is 0.675. The molecule has 0 amide bonds. The molecule has 0 fully saturated rings. The summed E-state index contributed by atoms with van der Waals surface area (Å²) < 4.78 is 5.57. The summed E-state index contributed by atoms with van der Waals surface area (Å²) in [6.07, 6.45) is 0. The minimum atomic E-state index is -0.863. The number of non-ortho nitro benzene ring substituents is 1. The number of nitro groups is 1. The van der Waals surface area contributed by atoms with Gasteiger partial charge in [-0.2, -0.15) is 0 Å². The van der Waals surface area contributed by atoms with Gasteiger partial charge in [0.05, 0.1) is 10.5 Å². The first-order valence-corrected chi connectivity index (χ1v) is 6.55. The SMILES string of the molecule is CC(C)(O)c1ccc(COc2ccc([N+](=O)[O-])cc2)cc1. The number of hydrogen-bond acceptors (Lipinski definition) is 4. The van der Waals surface area contributed by atoms with Gasteiger partial charge in [0.25, 0.3) is 5.69 Å². The molecule has 5 nitrogen and oxygen atoms in total. The third-order valence-electron chi connectivity index (χ3n) is 3.11. The van der Waals surface area contributed by atoms with Crippen LogP contribution in [0, 0.1) is 10.1 Å². The molecule has 21 heavy (non-hydrogen) atoms. The Morgan fingerprint density at radius 3 is 2.14 bits per heavy atom. The van der Waals surface area contributed by atoms with Gasteiger partial charge in [-0.15, -0.1) is 0 Å². The van der Waals surface area contributed by atoms with E-state index in [0.717, 1.165) is 11.1 Å². The molecular formula is C16H17NO4. The molecule has 2 aromatic rings. The van der Waals surface area contributed by atoms with Gasteiger partial charge in [0, 0.05) is 12.1 Å². The Bertz CT molecular complexity index is 612. The molecule has 0 aliphatic carbocycles. The Morgan fingerprint density at radius 2 is 1.67 bits per heavy atom. The molecule has 0 aliphatic heterocycles. The van der Waals surface area contributed by atoms with E-state index in [9.17, 15) is 15.2 Å². The first-order valence-electron chi connectivity index (χ1n) is 6.55. The fraction of sp³-hybridized carbons (Fsp3) is 0.250. The van der Waals surface area contributed by atoms with Gasteiger partial charge in [0.15, 0.2) is 0 Å². The second-order valence-corrected chi connectivity index (χ2v) is 5.30. The zero-order valence-corrected chi connectivity index (χ0v) is 11.9. The van der Waals surface area contributed by atoms with Crippen molar-refractivity contribution in [3.8, 4) is 5.75 Å². The van der Waals surface area contributed by atoms with Gasteiger partial charge < -0.3 is 9.84 Å². The highest BCUT2D eigenvalue weighted by atomic mass is 16.6. The number of hydrogen-bond donors (Lipinski definition) is 1. The van der Waals surface area contributed by atoms with Gasteiger partial charge >= 0.3 is 0 Å². The summed E-state index contributed by atoms with van der Waals surface area (Å²) in [5, 5.41) is 20.4. The summed E-state index contributed by atoms with van der Waals surface area (Å²) in [6, 6.07) is 13.5. The van der Waals surface area contributed by atoms with Crippen LogP contribution < -0.4 is 4.74 Å². The van der Waals surface area contributed by atoms with Crippen LogP contribution in [0.5, 0.6) is 5.75 Å². The lowest BCUT2D eigenvalue weighted by Crippen LogP contribution is -2.15. The summed E-state index contributed by atoms with van der Waals surface area (Å²) in [4.78, 5) is 10.1. The van der Waals surface area contributed by atoms with Gasteiger partial charge in [-0.1, -0.05) is 24.3 Å². The fourth-order valence-electron chi connectivity index (χ4n) is 1.84. The van der Waals surface area contributed by atoms with Crippen molar-refractivity contribution in [2.75, 3.05) is 0 Å². The first-order chi connectivity index (χ1) is 9.86. The van der Waals surface area contributed by atoms with E-state index < -0.39 is 10.5 Å². The number of rotatable bonds is 5. The topological polar surface area (TPSA) is 72.6 Å². The third kappa shape index (κ3) is 4.03. The number of nitro benzene ring substituents is 1. The van der Waals surface area contributed by atoms with Crippen LogP contribution in [0.15, 0.2) is 48.5 Å². The van der Waals surface area contributed by atoms with Crippen LogP contribution in [0.4, 0.5) is 5.69 Å². The van der Waals surface area contributed by atoms with Crippen LogP contribution in [0.3, 0.4) is 0 Å². The Morgan fingerprint density at radius 1 is 1.10 bits per heavy atom. The van der Waals surface area contributed by atoms with Crippen LogP contribution in [-0.2, 0) is 12.2 Å². The van der Waals surface area contributed by atoms with E-state index in [1.807, 2.05) is 24.3 Å². The summed E-state index contributed by atoms with van der Waals surface area (Å²) in [6.45, 7) is 3.83. The minimum absolute atomic E-state index is 0.0388. The fourth-order valence-corrected chi connectivity index (χ4v) is 1.84. The van der Waals surface area contributed by atoms with Crippen LogP contribution in [0.1, 0.15) is 25.0 Å². The van der Waals surface area contributed by atoms with Gasteiger partial charge in [0.1, 0.15) is 12.4 Å². The molecule has 0 atom stereocenters. The molecule has 0 radical (unpaired) electrons. The molecule has 0 aromatic heterocycles. The summed E-state index contributed by atoms with van der Waals surface area (Å²) in [5.74, 6) is 0.576. The van der Waals surface area contributed by atoms with E-state index >= 15 is 0 Å². The minimum Gasteiger partial charge on any atom is -0.489 e. The predicted octanol–water partition coefficient (Wildman–Crippen LogP) is 3.40. The number of ether oxygens (including phenoxy) is 1. The molecule has 110 valence electrons. The summed E-state index contributed by atoms with van der Waals surface area (Å²) in [5.41, 5.74) is 0.970. The third-order valence-corrected chi connectivity index (χ3v) is 3.11. The van der Waals surface area contributed by atoms with Gasteiger partial charge in [0.2, 0.25) is 0 Å². The molecule has 5 heteroatoms. The van der Waals surface area contributed by atoms with E-state index in [0.29, 0.717) is 12.4 Å². The average Bonchev–Trinajstić information content (AvgIpc) is 2.45. The van der Waals surface area contributed by atoms with Crippen molar-refractivity contribution in [1.82, 2.24) is 0 Å². The van der Waals surface area contributed by atoms with Gasteiger partial charge in [-0.05, 0) is 37.1 Å². The van der Waals surface area contributed by atoms with E-state index in [-0.39, 0.29) is 5.69 Å². The highest BCUT2D eigenvalue weighted by Gasteiger charge is 2.15. The molecule has 0 saturated heterocycles. The lowest BCUT2D eigenvalue weighted by atomic mass is 9.97. The lowest BCUT2D eigenvalue weighted by molar-refractivity contribution is -0.384. The maximum atomic E-state index is 10.5. The largest absolute Gasteiger partial charge is 0.489 e. The van der Waals surface area contributed by atoms with Crippen molar-refractivity contribution < 1.29 is 14.8 Å². The Labute approximate surface area is 123 Å². The second-order valence-electron chi connectivity index (χ2n) is 5.30. The van der Waals surface area contributed by atoms with Crippen LogP contribution in [-0.4, -0.2) is 10.0 Å². The molecule has 0 bridgehead atoms. The van der Waals surface area contributed by atoms with Gasteiger partial charge in [-0.25, -0.2) is 0 Å². The maximum absolute atomic E-state index is 10.5. The molecule has 2 aromatic carbocycles. The average molecular weight is 287 g/mol. The number of nitrogens with zero attached hydrogens (tertiary/aromatic N) is 1. The monoisotopic (exact) mass is 287 g/mol. The van der Waals surface area contributed by atoms with Crippen molar-refractivity contribution in [2.24, 2.45) is 0 Å². The summed E-state index contributed by atoms with van der Waals surface area (Å²) in [7, 11) is 0. The highest BCUT2D eigenvalue weighted by molar-refractivity contribution is 5.36. The first kappa shape index (κ1) is 15.0. The Balaban J connectivity index is 1.98. The van der Waals surface area contributed by atoms with Crippen molar-refractivity contribution in [1.29, 1.82) is 0 Å². The van der Waals surface area contributed by atoms with E-state index in [1.165, 1.54) is 12.1 Å². The van der Waals surface area contributed by atoms with Crippen LogP contribution in [0.2, 0.25) is 0 Å². The van der Waals surface area contributed by atoms with Gasteiger partial charge in [-0.3, -0.25) is 10.1 Å². The zero-order chi connectivity index (χ0) is 15.5. The maximum Gasteiger partial charge on any atom is 0.269 e. The molecule has 1 N–H and O–H groups in total. The molecule has 0 heterocycles. The van der Waals surface area contributed by atoms with Crippen LogP contribution in [0.25, 0.3) is 0 Å². The molecule has 0 unspecified atom stereocenters. The molecule has 2 rings (SSSR count). The molecule has 0 spiro atoms. The van der Waals surface area contributed by atoms with Crippen LogP contribution >= 0.6 is 0 Å². The van der Waals surface area contributed by atoms with Crippen molar-refractivity contribution in [3.63, 3.8) is 0 Å². The van der Waals surface area contributed by atoms with E-state index in [2.05, 4.69) is 0 Å². The van der Waals surface area contributed by atoms with Crippen molar-refractivity contribution in [2.45, 2.75) is 26.1 Å². The second kappa shape index (κ2) is 5.93. The molecule has 0 saturated carbocycles. The Kier molecular flexibility index (Phi) is 4.23. The Hall–Kier alpha value is -2.40. The summed E-state index contributed by atoms with van der Waals surface area (Å²) >= 11 is 0. The number of aliphatic hydroxyl groups is 1. The smallest absolute Gasteiger partial charge is 0.269 e. The van der Waals surface area contributed by atoms with E-state index in [1.54, 1.807) is 26.0 Å². The lowest BCUT2D eigenvalue weighted by Gasteiger charge is -2.17. The zero-order valence-electron chi connectivity index (χ0n) is 11.9. The standard InChI is InChI=1S/C16H17NO4/c1-16(2,18)13-5-3-12(4-6-13)11-21-15-9-7-14(8-10-15)17(19)20/h3-10,18H,11H2,1-2H3. The predicted molar refractivity (Wildman–Crippen MR) is 79.1 cm³/mol. The van der Waals surface area contributed by atoms with Crippen molar-refractivity contribution in [3.05, 3.63) is 69.8 Å². The number of benzene rings is 2. The van der Waals surface area contributed by atoms with E-state index in [4.69, 9.17) is 4.74 Å². The highest BCUT2D eigenvalue weighted by Crippen LogP contribution is 2.21.